The van der Waals surface area contributed by atoms with Crippen LogP contribution in [0.25, 0.3) is 0 Å². The molecule has 0 aliphatic rings. The molecule has 6 heteroatoms. The van der Waals surface area contributed by atoms with Crippen LogP contribution in [0.5, 0.6) is 0 Å². The number of pyridine rings is 1. The summed E-state index contributed by atoms with van der Waals surface area (Å²) in [5, 5.41) is 8.21. The Morgan fingerprint density at radius 2 is 2.25 bits per heavy atom. The predicted octanol–water partition coefficient (Wildman–Crippen LogP) is 1.26. The molecule has 2 heterocycles. The molecular formula is C10H12N4OS. The van der Waals surface area contributed by atoms with Gasteiger partial charge in [0.15, 0.2) is 0 Å². The zero-order valence-corrected chi connectivity index (χ0v) is 9.48. The first-order valence-corrected chi connectivity index (χ1v) is 5.92. The molecule has 2 rings (SSSR count). The van der Waals surface area contributed by atoms with Crippen molar-refractivity contribution in [3.63, 3.8) is 0 Å². The molecule has 0 fully saturated rings. The summed E-state index contributed by atoms with van der Waals surface area (Å²) in [6.45, 7) is 0.286. The minimum atomic E-state index is 0.286. The molecule has 5 nitrogen and oxygen atoms in total. The van der Waals surface area contributed by atoms with Crippen LogP contribution in [0.1, 0.15) is 11.6 Å². The molecule has 2 aromatic rings. The van der Waals surface area contributed by atoms with Gasteiger partial charge < -0.3 is 10.2 Å². The van der Waals surface area contributed by atoms with Crippen molar-refractivity contribution in [2.24, 2.45) is 5.73 Å². The van der Waals surface area contributed by atoms with Gasteiger partial charge in [-0.05, 0) is 18.6 Å². The van der Waals surface area contributed by atoms with E-state index in [2.05, 4.69) is 15.2 Å². The highest BCUT2D eigenvalue weighted by Crippen LogP contribution is 2.16. The highest BCUT2D eigenvalue weighted by atomic mass is 32.2. The van der Waals surface area contributed by atoms with Gasteiger partial charge in [0.1, 0.15) is 0 Å². The van der Waals surface area contributed by atoms with Gasteiger partial charge >= 0.3 is 0 Å². The Bertz CT molecular complexity index is 431. The van der Waals surface area contributed by atoms with E-state index in [1.54, 1.807) is 6.20 Å². The van der Waals surface area contributed by atoms with Gasteiger partial charge in [0.05, 0.1) is 6.54 Å². The largest absolute Gasteiger partial charge is 0.415 e. The highest BCUT2D eigenvalue weighted by Gasteiger charge is 2.04. The molecule has 2 aromatic heterocycles. The Labute approximate surface area is 97.5 Å². The van der Waals surface area contributed by atoms with E-state index in [1.807, 2.05) is 18.2 Å². The summed E-state index contributed by atoms with van der Waals surface area (Å²) >= 11 is 1.52. The Balaban J connectivity index is 1.80. The van der Waals surface area contributed by atoms with Crippen molar-refractivity contribution in [1.82, 2.24) is 15.2 Å². The third-order valence-corrected chi connectivity index (χ3v) is 2.75. The first-order valence-electron chi connectivity index (χ1n) is 4.93. The molecule has 0 aliphatic heterocycles. The van der Waals surface area contributed by atoms with E-state index < -0.39 is 0 Å². The van der Waals surface area contributed by atoms with Crippen molar-refractivity contribution < 1.29 is 4.42 Å². The molecule has 0 saturated carbocycles. The van der Waals surface area contributed by atoms with E-state index in [9.17, 15) is 0 Å². The van der Waals surface area contributed by atoms with Crippen LogP contribution in [-0.4, -0.2) is 20.9 Å². The molecule has 0 aromatic carbocycles. The van der Waals surface area contributed by atoms with E-state index in [1.165, 1.54) is 11.8 Å². The van der Waals surface area contributed by atoms with Crippen LogP contribution in [0.3, 0.4) is 0 Å². The van der Waals surface area contributed by atoms with Gasteiger partial charge in [-0.2, -0.15) is 0 Å². The van der Waals surface area contributed by atoms with Crippen molar-refractivity contribution in [3.8, 4) is 0 Å². The number of nitrogens with zero attached hydrogens (tertiary/aromatic N) is 3. The van der Waals surface area contributed by atoms with Gasteiger partial charge in [0.25, 0.3) is 5.22 Å². The summed E-state index contributed by atoms with van der Waals surface area (Å²) in [7, 11) is 0. The van der Waals surface area contributed by atoms with Crippen LogP contribution in [0.2, 0.25) is 0 Å². The Kier molecular flexibility index (Phi) is 3.90. The zero-order valence-electron chi connectivity index (χ0n) is 8.67. The maximum absolute atomic E-state index is 5.37. The molecule has 0 saturated heterocycles. The second-order valence-corrected chi connectivity index (χ2v) is 4.13. The van der Waals surface area contributed by atoms with Gasteiger partial charge in [0.2, 0.25) is 5.89 Å². The van der Waals surface area contributed by atoms with Crippen molar-refractivity contribution in [3.05, 3.63) is 36.0 Å². The van der Waals surface area contributed by atoms with E-state index in [0.717, 1.165) is 17.9 Å². The van der Waals surface area contributed by atoms with Gasteiger partial charge in [0, 0.05) is 17.6 Å². The summed E-state index contributed by atoms with van der Waals surface area (Å²) in [4.78, 5) is 4.23. The lowest BCUT2D eigenvalue weighted by Crippen LogP contribution is -1.95. The molecule has 0 unspecified atom stereocenters. The van der Waals surface area contributed by atoms with Gasteiger partial charge in [-0.15, -0.1) is 10.2 Å². The van der Waals surface area contributed by atoms with Crippen LogP contribution in [0.15, 0.2) is 34.0 Å². The van der Waals surface area contributed by atoms with E-state index >= 15 is 0 Å². The molecule has 84 valence electrons. The van der Waals surface area contributed by atoms with E-state index in [0.29, 0.717) is 11.1 Å². The summed E-state index contributed by atoms with van der Waals surface area (Å²) in [5.41, 5.74) is 6.43. The molecule has 0 bridgehead atoms. The van der Waals surface area contributed by atoms with Crippen molar-refractivity contribution in [2.75, 3.05) is 5.75 Å². The summed E-state index contributed by atoms with van der Waals surface area (Å²) in [6.07, 6.45) is 2.67. The summed E-state index contributed by atoms with van der Waals surface area (Å²) in [6, 6.07) is 5.88. The van der Waals surface area contributed by atoms with E-state index in [4.69, 9.17) is 10.2 Å². The average molecular weight is 236 g/mol. The SMILES string of the molecule is NCc1nnc(SCCc2ccccn2)o1. The predicted molar refractivity (Wildman–Crippen MR) is 60.9 cm³/mol. The van der Waals surface area contributed by atoms with E-state index in [-0.39, 0.29) is 6.54 Å². The van der Waals surface area contributed by atoms with Crippen LogP contribution in [0, 0.1) is 0 Å². The first-order chi connectivity index (χ1) is 7.88. The number of hydrogen-bond donors (Lipinski definition) is 1. The molecule has 16 heavy (non-hydrogen) atoms. The van der Waals surface area contributed by atoms with Crippen molar-refractivity contribution >= 4 is 11.8 Å². The normalized spacial score (nSPS) is 10.6. The Morgan fingerprint density at radius 3 is 2.94 bits per heavy atom. The Hall–Kier alpha value is -1.40. The topological polar surface area (TPSA) is 77.8 Å². The van der Waals surface area contributed by atoms with Crippen molar-refractivity contribution in [1.29, 1.82) is 0 Å². The molecule has 0 amide bonds. The number of thioether (sulfide) groups is 1. The molecule has 0 atom stereocenters. The highest BCUT2D eigenvalue weighted by molar-refractivity contribution is 7.99. The lowest BCUT2D eigenvalue weighted by atomic mass is 10.3. The minimum absolute atomic E-state index is 0.286. The number of rotatable bonds is 5. The lowest BCUT2D eigenvalue weighted by Gasteiger charge is -1.96. The number of hydrogen-bond acceptors (Lipinski definition) is 6. The van der Waals surface area contributed by atoms with Gasteiger partial charge in [-0.25, -0.2) is 0 Å². The number of aryl methyl sites for hydroxylation is 1. The average Bonchev–Trinajstić information content (AvgIpc) is 2.78. The standard InChI is InChI=1S/C10H12N4OS/c11-7-9-13-14-10(15-9)16-6-4-8-3-1-2-5-12-8/h1-3,5H,4,6-7,11H2. The maximum atomic E-state index is 5.37. The van der Waals surface area contributed by atoms with Crippen molar-refractivity contribution in [2.45, 2.75) is 18.2 Å². The summed E-state index contributed by atoms with van der Waals surface area (Å²) < 4.78 is 5.27. The zero-order chi connectivity index (χ0) is 11.2. The monoisotopic (exact) mass is 236 g/mol. The summed E-state index contributed by atoms with van der Waals surface area (Å²) in [5.74, 6) is 1.34. The van der Waals surface area contributed by atoms with Crippen LogP contribution < -0.4 is 5.73 Å². The number of nitrogens with two attached hydrogens (primary N) is 1. The third-order valence-electron chi connectivity index (χ3n) is 1.93. The molecular weight excluding hydrogens is 224 g/mol. The second kappa shape index (κ2) is 5.62. The fraction of sp³-hybridized carbons (Fsp3) is 0.300. The smallest absolute Gasteiger partial charge is 0.276 e. The lowest BCUT2D eigenvalue weighted by molar-refractivity contribution is 0.415. The third kappa shape index (κ3) is 3.04. The fourth-order valence-corrected chi connectivity index (χ4v) is 1.91. The van der Waals surface area contributed by atoms with Gasteiger partial charge in [-0.1, -0.05) is 17.8 Å². The maximum Gasteiger partial charge on any atom is 0.276 e. The van der Waals surface area contributed by atoms with Gasteiger partial charge in [-0.3, -0.25) is 4.98 Å². The fourth-order valence-electron chi connectivity index (χ4n) is 1.17. The first kappa shape index (κ1) is 11.1. The minimum Gasteiger partial charge on any atom is -0.415 e. The van der Waals surface area contributed by atoms with Crippen LogP contribution >= 0.6 is 11.8 Å². The molecule has 0 spiro atoms. The second-order valence-electron chi connectivity index (χ2n) is 3.09. The van der Waals surface area contributed by atoms with Crippen LogP contribution in [0.4, 0.5) is 0 Å². The quantitative estimate of drug-likeness (QED) is 0.787. The molecule has 0 aliphatic carbocycles. The van der Waals surface area contributed by atoms with Crippen LogP contribution in [-0.2, 0) is 13.0 Å². The molecule has 0 radical (unpaired) electrons. The Morgan fingerprint density at radius 1 is 1.31 bits per heavy atom. The molecule has 2 N–H and O–H groups in total. The number of aromatic nitrogens is 3.